The average Bonchev–Trinajstić information content (AvgIpc) is 3.18. The van der Waals surface area contributed by atoms with Gasteiger partial charge in [-0.2, -0.15) is 5.10 Å². The van der Waals surface area contributed by atoms with Gasteiger partial charge in [0.1, 0.15) is 6.54 Å². The Morgan fingerprint density at radius 2 is 1.74 bits per heavy atom. The van der Waals surface area contributed by atoms with Gasteiger partial charge in [-0.1, -0.05) is 48.5 Å². The van der Waals surface area contributed by atoms with E-state index in [2.05, 4.69) is 10.4 Å². The predicted molar refractivity (Wildman–Crippen MR) is 129 cm³/mol. The lowest BCUT2D eigenvalue weighted by molar-refractivity contribution is -0.122. The topological polar surface area (TPSA) is 84.3 Å². The maximum Gasteiger partial charge on any atom is 0.267 e. The van der Waals surface area contributed by atoms with E-state index in [1.807, 2.05) is 59.5 Å². The normalized spacial score (nSPS) is 15.5. The Morgan fingerprint density at radius 1 is 0.971 bits per heavy atom. The summed E-state index contributed by atoms with van der Waals surface area (Å²) in [7, 11) is 0. The number of fused-ring (bicyclic) bond motifs is 2. The molecule has 2 heterocycles. The van der Waals surface area contributed by atoms with E-state index in [-0.39, 0.29) is 29.8 Å². The minimum atomic E-state index is -0.262. The van der Waals surface area contributed by atoms with Crippen molar-refractivity contribution in [3.05, 3.63) is 99.0 Å². The van der Waals surface area contributed by atoms with Crippen LogP contribution in [0.15, 0.2) is 65.5 Å². The molecule has 0 fully saturated rings. The first-order valence-electron chi connectivity index (χ1n) is 11.9. The van der Waals surface area contributed by atoms with Crippen molar-refractivity contribution in [2.24, 2.45) is 0 Å². The molecule has 5 rings (SSSR count). The van der Waals surface area contributed by atoms with Crippen LogP contribution in [0.5, 0.6) is 0 Å². The zero-order valence-corrected chi connectivity index (χ0v) is 19.1. The standard InChI is InChI=1S/C27H28N4O3/c32-25(18-31-26(33)14-20-10-5-7-13-24(20)29-31)28-15-22(19-8-2-1-3-9-19)17-30-16-21-11-4-6-12-23(21)27(30)34/h1-4,6,8-9,11-12,14,22H,5,7,10,13,15-18H2,(H,28,32)/t22-/m0/s1. The van der Waals surface area contributed by atoms with Crippen molar-refractivity contribution in [2.45, 2.75) is 44.7 Å². The van der Waals surface area contributed by atoms with Gasteiger partial charge < -0.3 is 10.2 Å². The third-order valence-electron chi connectivity index (χ3n) is 6.72. The third-order valence-corrected chi connectivity index (χ3v) is 6.72. The van der Waals surface area contributed by atoms with Crippen molar-refractivity contribution in [1.82, 2.24) is 20.0 Å². The fourth-order valence-electron chi connectivity index (χ4n) is 4.88. The van der Waals surface area contributed by atoms with Gasteiger partial charge in [-0.25, -0.2) is 4.68 Å². The monoisotopic (exact) mass is 456 g/mol. The summed E-state index contributed by atoms with van der Waals surface area (Å²) in [6, 6.07) is 19.2. The second-order valence-corrected chi connectivity index (χ2v) is 9.07. The molecule has 0 unspecified atom stereocenters. The molecule has 7 nitrogen and oxygen atoms in total. The summed E-state index contributed by atoms with van der Waals surface area (Å²) in [5.74, 6) is -0.313. The number of hydrogen-bond acceptors (Lipinski definition) is 4. The van der Waals surface area contributed by atoms with Gasteiger partial charge in [-0.15, -0.1) is 0 Å². The summed E-state index contributed by atoms with van der Waals surface area (Å²) in [5, 5.41) is 7.41. The molecular formula is C27H28N4O3. The Morgan fingerprint density at radius 3 is 2.56 bits per heavy atom. The van der Waals surface area contributed by atoms with Crippen LogP contribution in [0.1, 0.15) is 51.5 Å². The first-order chi connectivity index (χ1) is 16.6. The highest BCUT2D eigenvalue weighted by molar-refractivity contribution is 5.98. The van der Waals surface area contributed by atoms with E-state index in [9.17, 15) is 14.4 Å². The number of aryl methyl sites for hydroxylation is 2. The number of carbonyl (C=O) groups is 2. The van der Waals surface area contributed by atoms with Crippen molar-refractivity contribution in [3.63, 3.8) is 0 Å². The van der Waals surface area contributed by atoms with Crippen LogP contribution in [-0.4, -0.2) is 39.6 Å². The van der Waals surface area contributed by atoms with E-state index in [0.717, 1.165) is 53.6 Å². The molecule has 2 aliphatic rings. The molecule has 1 aliphatic heterocycles. The molecule has 0 bridgehead atoms. The molecule has 1 N–H and O–H groups in total. The second-order valence-electron chi connectivity index (χ2n) is 9.07. The largest absolute Gasteiger partial charge is 0.354 e. The van der Waals surface area contributed by atoms with Gasteiger partial charge in [-0.05, 0) is 48.4 Å². The summed E-state index contributed by atoms with van der Waals surface area (Å²) < 4.78 is 1.26. The Bertz CT molecular complexity index is 1270. The number of carbonyl (C=O) groups excluding carboxylic acids is 2. The Labute approximate surface area is 198 Å². The van der Waals surface area contributed by atoms with Crippen LogP contribution in [0.25, 0.3) is 0 Å². The van der Waals surface area contributed by atoms with E-state index in [1.54, 1.807) is 6.07 Å². The highest BCUT2D eigenvalue weighted by Crippen LogP contribution is 2.26. The lowest BCUT2D eigenvalue weighted by Crippen LogP contribution is -2.39. The van der Waals surface area contributed by atoms with E-state index in [4.69, 9.17) is 0 Å². The highest BCUT2D eigenvalue weighted by atomic mass is 16.2. The SMILES string of the molecule is O=C(Cn1nc2c(cc1=O)CCCC2)NC[C@@H](CN1Cc2ccccc2C1=O)c1ccccc1. The van der Waals surface area contributed by atoms with E-state index < -0.39 is 0 Å². The maximum atomic E-state index is 12.9. The zero-order valence-electron chi connectivity index (χ0n) is 19.1. The molecule has 3 aromatic rings. The number of benzene rings is 2. The Balaban J connectivity index is 1.27. The number of amides is 2. The van der Waals surface area contributed by atoms with Crippen LogP contribution in [-0.2, 0) is 30.7 Å². The third kappa shape index (κ3) is 4.64. The van der Waals surface area contributed by atoms with E-state index in [0.29, 0.717) is 19.6 Å². The molecule has 0 saturated heterocycles. The van der Waals surface area contributed by atoms with Crippen molar-refractivity contribution >= 4 is 11.8 Å². The van der Waals surface area contributed by atoms with Gasteiger partial charge in [0.05, 0.1) is 5.69 Å². The molecule has 1 aromatic heterocycles. The Kier molecular flexibility index (Phi) is 6.25. The lowest BCUT2D eigenvalue weighted by atomic mass is 9.97. The minimum absolute atomic E-state index is 0.0210. The number of nitrogens with zero attached hydrogens (tertiary/aromatic N) is 3. The van der Waals surface area contributed by atoms with Crippen molar-refractivity contribution in [1.29, 1.82) is 0 Å². The van der Waals surface area contributed by atoms with Gasteiger partial charge in [0.25, 0.3) is 11.5 Å². The maximum absolute atomic E-state index is 12.9. The first-order valence-corrected chi connectivity index (χ1v) is 11.9. The van der Waals surface area contributed by atoms with Gasteiger partial charge in [0.2, 0.25) is 5.91 Å². The number of hydrogen-bond donors (Lipinski definition) is 1. The van der Waals surface area contributed by atoms with Crippen LogP contribution >= 0.6 is 0 Å². The van der Waals surface area contributed by atoms with Gasteiger partial charge in [-0.3, -0.25) is 14.4 Å². The van der Waals surface area contributed by atoms with E-state index in [1.165, 1.54) is 4.68 Å². The molecule has 7 heteroatoms. The van der Waals surface area contributed by atoms with Gasteiger partial charge in [0, 0.05) is 37.2 Å². The Hall–Kier alpha value is -3.74. The van der Waals surface area contributed by atoms with E-state index >= 15 is 0 Å². The van der Waals surface area contributed by atoms with Crippen molar-refractivity contribution < 1.29 is 9.59 Å². The molecule has 0 saturated carbocycles. The lowest BCUT2D eigenvalue weighted by Gasteiger charge is -2.24. The first kappa shape index (κ1) is 22.1. The molecule has 1 atom stereocenters. The zero-order chi connectivity index (χ0) is 23.5. The van der Waals surface area contributed by atoms with Crippen LogP contribution in [0, 0.1) is 0 Å². The fourth-order valence-corrected chi connectivity index (χ4v) is 4.88. The molecule has 2 amide bonds. The number of nitrogens with one attached hydrogen (secondary N) is 1. The second kappa shape index (κ2) is 9.63. The molecule has 0 spiro atoms. The van der Waals surface area contributed by atoms with Crippen molar-refractivity contribution in [3.8, 4) is 0 Å². The van der Waals surface area contributed by atoms with Gasteiger partial charge >= 0.3 is 0 Å². The predicted octanol–water partition coefficient (Wildman–Crippen LogP) is 2.68. The highest BCUT2D eigenvalue weighted by Gasteiger charge is 2.29. The summed E-state index contributed by atoms with van der Waals surface area (Å²) in [6.45, 7) is 1.32. The van der Waals surface area contributed by atoms with Crippen LogP contribution in [0.4, 0.5) is 0 Å². The number of aromatic nitrogens is 2. The smallest absolute Gasteiger partial charge is 0.267 e. The molecule has 1 aliphatic carbocycles. The summed E-state index contributed by atoms with van der Waals surface area (Å²) in [4.78, 5) is 39.9. The average molecular weight is 457 g/mol. The minimum Gasteiger partial charge on any atom is -0.354 e. The summed E-state index contributed by atoms with van der Waals surface area (Å²) in [6.07, 6.45) is 3.86. The summed E-state index contributed by atoms with van der Waals surface area (Å²) in [5.41, 5.74) is 4.52. The van der Waals surface area contributed by atoms with Crippen LogP contribution < -0.4 is 10.9 Å². The molecule has 2 aromatic carbocycles. The summed E-state index contributed by atoms with van der Waals surface area (Å²) >= 11 is 0. The molecule has 174 valence electrons. The number of rotatable bonds is 7. The quantitative estimate of drug-likeness (QED) is 0.593. The van der Waals surface area contributed by atoms with Crippen molar-refractivity contribution in [2.75, 3.05) is 13.1 Å². The van der Waals surface area contributed by atoms with Crippen LogP contribution in [0.2, 0.25) is 0 Å². The molecular weight excluding hydrogens is 428 g/mol. The van der Waals surface area contributed by atoms with Crippen LogP contribution in [0.3, 0.4) is 0 Å². The molecule has 0 radical (unpaired) electrons. The fraction of sp³-hybridized carbons (Fsp3) is 0.333. The molecule has 34 heavy (non-hydrogen) atoms. The van der Waals surface area contributed by atoms with Gasteiger partial charge in [0.15, 0.2) is 0 Å².